The van der Waals surface area contributed by atoms with Crippen molar-refractivity contribution in [3.8, 4) is 16.9 Å². The summed E-state index contributed by atoms with van der Waals surface area (Å²) in [5.41, 5.74) is 6.24. The molecule has 0 amide bonds. The zero-order valence-electron chi connectivity index (χ0n) is 14.6. The molecule has 1 aromatic carbocycles. The monoisotopic (exact) mass is 335 g/mol. The van der Waals surface area contributed by atoms with Crippen LogP contribution >= 0.6 is 0 Å². The van der Waals surface area contributed by atoms with Crippen LogP contribution in [0.4, 0.5) is 4.39 Å². The molecule has 5 nitrogen and oxygen atoms in total. The molecule has 6 heteroatoms. The summed E-state index contributed by atoms with van der Waals surface area (Å²) in [6.45, 7) is 7.87. The Balaban J connectivity index is 2.03. The Kier molecular flexibility index (Phi) is 3.42. The third-order valence-electron chi connectivity index (χ3n) is 4.23. The van der Waals surface area contributed by atoms with E-state index in [1.807, 2.05) is 44.5 Å². The van der Waals surface area contributed by atoms with Gasteiger partial charge in [0.25, 0.3) is 0 Å². The van der Waals surface area contributed by atoms with Crippen LogP contribution in [-0.4, -0.2) is 24.4 Å². The van der Waals surface area contributed by atoms with Crippen LogP contribution in [0.25, 0.3) is 22.6 Å². The standard InChI is InChI=1S/C19H18FN5/c1-11-10-17(24-13(3)9-12(2)22-24)25-19(21-11)18(14(4)23-25)15-5-7-16(20)8-6-15/h5-10H,1-4H3. The average Bonchev–Trinajstić information content (AvgIpc) is 3.06. The van der Waals surface area contributed by atoms with Gasteiger partial charge in [-0.25, -0.2) is 14.1 Å². The lowest BCUT2D eigenvalue weighted by Gasteiger charge is -2.08. The number of aryl methyl sites for hydroxylation is 4. The Morgan fingerprint density at radius 1 is 0.880 bits per heavy atom. The van der Waals surface area contributed by atoms with Crippen LogP contribution in [0.15, 0.2) is 36.4 Å². The summed E-state index contributed by atoms with van der Waals surface area (Å²) in [5.74, 6) is 0.579. The summed E-state index contributed by atoms with van der Waals surface area (Å²) < 4.78 is 17.0. The second-order valence-electron chi connectivity index (χ2n) is 6.30. The minimum absolute atomic E-state index is 0.259. The summed E-state index contributed by atoms with van der Waals surface area (Å²) >= 11 is 0. The van der Waals surface area contributed by atoms with Gasteiger partial charge >= 0.3 is 0 Å². The van der Waals surface area contributed by atoms with E-state index < -0.39 is 0 Å². The van der Waals surface area contributed by atoms with Crippen LogP contribution in [0.3, 0.4) is 0 Å². The SMILES string of the molecule is Cc1cc(-n2nc(C)cc2C)n2nc(C)c(-c3ccc(F)cc3)c2n1. The number of nitrogens with zero attached hydrogens (tertiary/aromatic N) is 5. The van der Waals surface area contributed by atoms with Gasteiger partial charge in [-0.05, 0) is 51.5 Å². The van der Waals surface area contributed by atoms with Gasteiger partial charge in [-0.15, -0.1) is 0 Å². The summed E-state index contributed by atoms with van der Waals surface area (Å²) in [5, 5.41) is 9.25. The third-order valence-corrected chi connectivity index (χ3v) is 4.23. The van der Waals surface area contributed by atoms with Crippen LogP contribution in [-0.2, 0) is 0 Å². The first-order valence-electron chi connectivity index (χ1n) is 8.10. The molecule has 0 unspecified atom stereocenters. The molecular formula is C19H18FN5. The van der Waals surface area contributed by atoms with E-state index in [1.54, 1.807) is 16.6 Å². The maximum absolute atomic E-state index is 13.3. The second kappa shape index (κ2) is 5.51. The first kappa shape index (κ1) is 15.5. The summed E-state index contributed by atoms with van der Waals surface area (Å²) in [6, 6.07) is 10.4. The van der Waals surface area contributed by atoms with Crippen molar-refractivity contribution >= 4 is 5.65 Å². The Morgan fingerprint density at radius 2 is 1.60 bits per heavy atom. The van der Waals surface area contributed by atoms with Crippen LogP contribution in [0.1, 0.15) is 22.8 Å². The minimum Gasteiger partial charge on any atom is -0.233 e. The molecule has 0 fully saturated rings. The summed E-state index contributed by atoms with van der Waals surface area (Å²) in [4.78, 5) is 4.68. The van der Waals surface area contributed by atoms with Gasteiger partial charge in [0.15, 0.2) is 11.5 Å². The molecule has 0 radical (unpaired) electrons. The fourth-order valence-electron chi connectivity index (χ4n) is 3.19. The van der Waals surface area contributed by atoms with Crippen molar-refractivity contribution in [3.63, 3.8) is 0 Å². The van der Waals surface area contributed by atoms with Crippen LogP contribution in [0, 0.1) is 33.5 Å². The Bertz CT molecular complexity index is 1090. The highest BCUT2D eigenvalue weighted by molar-refractivity contribution is 5.80. The normalized spacial score (nSPS) is 11.4. The predicted octanol–water partition coefficient (Wildman–Crippen LogP) is 3.95. The highest BCUT2D eigenvalue weighted by Crippen LogP contribution is 2.29. The van der Waals surface area contributed by atoms with E-state index >= 15 is 0 Å². The van der Waals surface area contributed by atoms with E-state index in [-0.39, 0.29) is 5.82 Å². The molecule has 4 aromatic rings. The van der Waals surface area contributed by atoms with Gasteiger partial charge in [0.2, 0.25) is 0 Å². The Morgan fingerprint density at radius 3 is 2.24 bits per heavy atom. The molecule has 3 heterocycles. The van der Waals surface area contributed by atoms with Gasteiger partial charge in [0.05, 0.1) is 11.4 Å². The average molecular weight is 335 g/mol. The number of benzene rings is 1. The lowest BCUT2D eigenvalue weighted by molar-refractivity contribution is 0.628. The van der Waals surface area contributed by atoms with Crippen molar-refractivity contribution in [2.75, 3.05) is 0 Å². The van der Waals surface area contributed by atoms with Crippen molar-refractivity contribution in [2.45, 2.75) is 27.7 Å². The van der Waals surface area contributed by atoms with Crippen molar-refractivity contribution in [2.24, 2.45) is 0 Å². The second-order valence-corrected chi connectivity index (χ2v) is 6.30. The lowest BCUT2D eigenvalue weighted by Crippen LogP contribution is -2.08. The summed E-state index contributed by atoms with van der Waals surface area (Å²) in [6.07, 6.45) is 0. The largest absolute Gasteiger partial charge is 0.233 e. The van der Waals surface area contributed by atoms with Crippen LogP contribution < -0.4 is 0 Å². The van der Waals surface area contributed by atoms with Crippen molar-refractivity contribution in [3.05, 3.63) is 65.0 Å². The van der Waals surface area contributed by atoms with Crippen molar-refractivity contribution in [1.29, 1.82) is 0 Å². The number of aromatic nitrogens is 5. The van der Waals surface area contributed by atoms with E-state index in [0.717, 1.165) is 45.4 Å². The number of halogens is 1. The third kappa shape index (κ3) is 2.50. The van der Waals surface area contributed by atoms with Gasteiger partial charge in [-0.3, -0.25) is 0 Å². The number of fused-ring (bicyclic) bond motifs is 1. The van der Waals surface area contributed by atoms with Gasteiger partial charge < -0.3 is 0 Å². The van der Waals surface area contributed by atoms with Gasteiger partial charge in [-0.1, -0.05) is 12.1 Å². The van der Waals surface area contributed by atoms with Crippen molar-refractivity contribution < 1.29 is 4.39 Å². The van der Waals surface area contributed by atoms with E-state index in [9.17, 15) is 4.39 Å². The first-order chi connectivity index (χ1) is 11.9. The zero-order chi connectivity index (χ0) is 17.7. The zero-order valence-corrected chi connectivity index (χ0v) is 14.6. The maximum atomic E-state index is 13.3. The van der Waals surface area contributed by atoms with E-state index in [1.165, 1.54) is 12.1 Å². The number of hydrogen-bond acceptors (Lipinski definition) is 3. The topological polar surface area (TPSA) is 48.0 Å². The molecule has 0 saturated heterocycles. The molecule has 0 aliphatic carbocycles. The molecule has 0 bridgehead atoms. The smallest absolute Gasteiger partial charge is 0.165 e. The van der Waals surface area contributed by atoms with Crippen LogP contribution in [0.2, 0.25) is 0 Å². The Labute approximate surface area is 144 Å². The molecule has 25 heavy (non-hydrogen) atoms. The highest BCUT2D eigenvalue weighted by Gasteiger charge is 2.18. The van der Waals surface area contributed by atoms with Crippen LogP contribution in [0.5, 0.6) is 0 Å². The Hall–Kier alpha value is -3.02. The van der Waals surface area contributed by atoms with Gasteiger partial charge in [0.1, 0.15) is 5.82 Å². The molecule has 0 atom stereocenters. The van der Waals surface area contributed by atoms with E-state index in [2.05, 4.69) is 15.2 Å². The van der Waals surface area contributed by atoms with E-state index in [0.29, 0.717) is 0 Å². The van der Waals surface area contributed by atoms with Gasteiger partial charge in [0, 0.05) is 23.0 Å². The fraction of sp³-hybridized carbons (Fsp3) is 0.211. The van der Waals surface area contributed by atoms with Gasteiger partial charge in [-0.2, -0.15) is 14.7 Å². The molecule has 0 saturated carbocycles. The number of rotatable bonds is 2. The molecule has 3 aromatic heterocycles. The quantitative estimate of drug-likeness (QED) is 0.557. The molecular weight excluding hydrogens is 317 g/mol. The predicted molar refractivity (Wildman–Crippen MR) is 94.5 cm³/mol. The lowest BCUT2D eigenvalue weighted by atomic mass is 10.1. The molecule has 0 aliphatic rings. The summed E-state index contributed by atoms with van der Waals surface area (Å²) in [7, 11) is 0. The molecule has 4 rings (SSSR count). The number of hydrogen-bond donors (Lipinski definition) is 0. The molecule has 0 spiro atoms. The fourth-order valence-corrected chi connectivity index (χ4v) is 3.19. The van der Waals surface area contributed by atoms with E-state index in [4.69, 9.17) is 0 Å². The van der Waals surface area contributed by atoms with Crippen molar-refractivity contribution in [1.82, 2.24) is 24.4 Å². The highest BCUT2D eigenvalue weighted by atomic mass is 19.1. The first-order valence-corrected chi connectivity index (χ1v) is 8.10. The molecule has 126 valence electrons. The molecule has 0 aliphatic heterocycles. The maximum Gasteiger partial charge on any atom is 0.165 e. The minimum atomic E-state index is -0.259. The molecule has 0 N–H and O–H groups in total.